The van der Waals surface area contributed by atoms with Crippen LogP contribution in [0, 0.1) is 10.1 Å². The molecule has 1 aliphatic rings. The van der Waals surface area contributed by atoms with Gasteiger partial charge in [-0.1, -0.05) is 11.6 Å². The highest BCUT2D eigenvalue weighted by atomic mass is 35.5. The number of aliphatic hydroxyl groups is 1. The number of hydrogen-bond acceptors (Lipinski definition) is 6. The van der Waals surface area contributed by atoms with Gasteiger partial charge in [-0.05, 0) is 73.2 Å². The highest BCUT2D eigenvalue weighted by molar-refractivity contribution is 6.51. The molecule has 1 N–H and O–H groups in total. The maximum atomic E-state index is 13.1. The van der Waals surface area contributed by atoms with Crippen molar-refractivity contribution in [3.8, 4) is 0 Å². The van der Waals surface area contributed by atoms with Crippen molar-refractivity contribution in [2.24, 2.45) is 0 Å². The smallest absolute Gasteiger partial charge is 0.300 e. The minimum atomic E-state index is -1.06. The SMILES string of the molecule is CC(=O)c1ccc(N2C(=O)C(=O)/C(=C(/O)c3ccc(Cl)cc3)[C@H]2c2ccc([N+](=O)[O-])cc2)cc1. The van der Waals surface area contributed by atoms with E-state index in [1.165, 1.54) is 84.6 Å². The van der Waals surface area contributed by atoms with E-state index < -0.39 is 28.4 Å². The first-order valence-electron chi connectivity index (χ1n) is 10.1. The Kier molecular flexibility index (Phi) is 6.00. The van der Waals surface area contributed by atoms with Gasteiger partial charge in [0.2, 0.25) is 0 Å². The molecular formula is C25H17ClN2O6. The summed E-state index contributed by atoms with van der Waals surface area (Å²) >= 11 is 5.92. The third-order valence-electron chi connectivity index (χ3n) is 5.53. The summed E-state index contributed by atoms with van der Waals surface area (Å²) in [5.41, 5.74) is 1.08. The minimum Gasteiger partial charge on any atom is -0.507 e. The molecule has 170 valence electrons. The average molecular weight is 477 g/mol. The molecule has 0 radical (unpaired) electrons. The van der Waals surface area contributed by atoms with E-state index in [2.05, 4.69) is 0 Å². The molecule has 1 atom stereocenters. The normalized spacial score (nSPS) is 17.1. The Morgan fingerprint density at radius 1 is 0.941 bits per heavy atom. The van der Waals surface area contributed by atoms with Crippen molar-refractivity contribution in [3.05, 3.63) is 110 Å². The maximum Gasteiger partial charge on any atom is 0.300 e. The van der Waals surface area contributed by atoms with Crippen LogP contribution in [0.1, 0.15) is 34.5 Å². The number of benzene rings is 3. The molecule has 1 fully saturated rings. The summed E-state index contributed by atoms with van der Waals surface area (Å²) in [6.45, 7) is 1.41. The number of carbonyl (C=O) groups excluding carboxylic acids is 3. The number of anilines is 1. The van der Waals surface area contributed by atoms with E-state index in [1.54, 1.807) is 0 Å². The van der Waals surface area contributed by atoms with Crippen LogP contribution >= 0.6 is 11.6 Å². The number of amides is 1. The lowest BCUT2D eigenvalue weighted by Gasteiger charge is -2.25. The van der Waals surface area contributed by atoms with E-state index in [9.17, 15) is 29.6 Å². The maximum absolute atomic E-state index is 13.1. The van der Waals surface area contributed by atoms with E-state index >= 15 is 0 Å². The Morgan fingerprint density at radius 2 is 1.50 bits per heavy atom. The lowest BCUT2D eigenvalue weighted by molar-refractivity contribution is -0.384. The van der Waals surface area contributed by atoms with Crippen molar-refractivity contribution in [2.75, 3.05) is 4.90 Å². The van der Waals surface area contributed by atoms with Crippen LogP contribution < -0.4 is 4.90 Å². The van der Waals surface area contributed by atoms with E-state index in [1.807, 2.05) is 0 Å². The quantitative estimate of drug-likeness (QED) is 0.137. The van der Waals surface area contributed by atoms with Crippen molar-refractivity contribution in [3.63, 3.8) is 0 Å². The zero-order valence-corrected chi connectivity index (χ0v) is 18.5. The van der Waals surface area contributed by atoms with Crippen LogP contribution in [-0.2, 0) is 9.59 Å². The number of nitrogens with zero attached hydrogens (tertiary/aromatic N) is 2. The van der Waals surface area contributed by atoms with Crippen LogP contribution in [0.15, 0.2) is 78.4 Å². The monoisotopic (exact) mass is 476 g/mol. The second kappa shape index (κ2) is 8.92. The third kappa shape index (κ3) is 4.06. The molecule has 0 aliphatic carbocycles. The summed E-state index contributed by atoms with van der Waals surface area (Å²) in [5.74, 6) is -2.36. The molecule has 1 aliphatic heterocycles. The number of carbonyl (C=O) groups is 3. The number of nitro benzene ring substituents is 1. The second-order valence-electron chi connectivity index (χ2n) is 7.63. The van der Waals surface area contributed by atoms with Crippen LogP contribution in [0.25, 0.3) is 5.76 Å². The number of halogens is 1. The molecule has 8 nitrogen and oxygen atoms in total. The van der Waals surface area contributed by atoms with E-state index in [4.69, 9.17) is 11.6 Å². The predicted octanol–water partition coefficient (Wildman–Crippen LogP) is 5.08. The number of hydrogen-bond donors (Lipinski definition) is 1. The summed E-state index contributed by atoms with van der Waals surface area (Å²) in [6, 6.07) is 16.5. The number of aliphatic hydroxyl groups excluding tert-OH is 1. The standard InChI is InChI=1S/C25H17ClN2O6/c1-14(29)15-4-10-19(11-5-15)27-22(16-6-12-20(13-7-16)28(33)34)21(24(31)25(27)32)23(30)17-2-8-18(26)9-3-17/h2-13,22,30H,1H3/b23-21+/t22-/m1/s1. The molecule has 3 aromatic rings. The van der Waals surface area contributed by atoms with Gasteiger partial charge in [0.15, 0.2) is 5.78 Å². The summed E-state index contributed by atoms with van der Waals surface area (Å²) in [7, 11) is 0. The minimum absolute atomic E-state index is 0.163. The number of non-ortho nitro benzene ring substituents is 1. The van der Waals surface area contributed by atoms with Crippen LogP contribution in [0.5, 0.6) is 0 Å². The molecule has 0 bridgehead atoms. The Hall–Kier alpha value is -4.30. The molecule has 3 aromatic carbocycles. The van der Waals surface area contributed by atoms with Gasteiger partial charge in [-0.25, -0.2) is 0 Å². The van der Waals surface area contributed by atoms with Gasteiger partial charge in [0.25, 0.3) is 17.4 Å². The molecule has 34 heavy (non-hydrogen) atoms. The van der Waals surface area contributed by atoms with Gasteiger partial charge in [0.05, 0.1) is 16.5 Å². The van der Waals surface area contributed by atoms with Gasteiger partial charge in [-0.15, -0.1) is 0 Å². The Balaban J connectivity index is 1.91. The van der Waals surface area contributed by atoms with Gasteiger partial charge in [0, 0.05) is 34.0 Å². The van der Waals surface area contributed by atoms with E-state index in [0.29, 0.717) is 21.8 Å². The summed E-state index contributed by atoms with van der Waals surface area (Å²) in [6.07, 6.45) is 0. The fraction of sp³-hybridized carbons (Fsp3) is 0.0800. The number of rotatable bonds is 5. The van der Waals surface area contributed by atoms with E-state index in [-0.39, 0.29) is 22.6 Å². The summed E-state index contributed by atoms with van der Waals surface area (Å²) in [5, 5.41) is 22.6. The van der Waals surface area contributed by atoms with Crippen LogP contribution in [0.2, 0.25) is 5.02 Å². The van der Waals surface area contributed by atoms with Gasteiger partial charge >= 0.3 is 0 Å². The molecule has 1 saturated heterocycles. The molecule has 1 amide bonds. The summed E-state index contributed by atoms with van der Waals surface area (Å²) < 4.78 is 0. The zero-order chi connectivity index (χ0) is 24.6. The predicted molar refractivity (Wildman–Crippen MR) is 126 cm³/mol. The molecular weight excluding hydrogens is 460 g/mol. The Labute approximate surface area is 198 Å². The van der Waals surface area contributed by atoms with E-state index in [0.717, 1.165) is 0 Å². The molecule has 0 spiro atoms. The zero-order valence-electron chi connectivity index (χ0n) is 17.8. The topological polar surface area (TPSA) is 118 Å². The van der Waals surface area contributed by atoms with Gasteiger partial charge < -0.3 is 5.11 Å². The first-order chi connectivity index (χ1) is 16.2. The Bertz CT molecular complexity index is 1350. The highest BCUT2D eigenvalue weighted by Gasteiger charge is 2.47. The van der Waals surface area contributed by atoms with Crippen molar-refractivity contribution in [1.29, 1.82) is 0 Å². The van der Waals surface area contributed by atoms with Gasteiger partial charge in [-0.3, -0.25) is 29.4 Å². The second-order valence-corrected chi connectivity index (χ2v) is 8.06. The molecule has 1 heterocycles. The Morgan fingerprint density at radius 3 is 2.03 bits per heavy atom. The van der Waals surface area contributed by atoms with Crippen molar-refractivity contribution < 1.29 is 24.4 Å². The molecule has 9 heteroatoms. The number of ketones is 2. The van der Waals surface area contributed by atoms with Crippen molar-refractivity contribution in [2.45, 2.75) is 13.0 Å². The average Bonchev–Trinajstić information content (AvgIpc) is 3.09. The molecule has 0 saturated carbocycles. The van der Waals surface area contributed by atoms with Gasteiger partial charge in [-0.2, -0.15) is 0 Å². The van der Waals surface area contributed by atoms with Gasteiger partial charge in [0.1, 0.15) is 5.76 Å². The number of Topliss-reactive ketones (excluding diaryl/α,β-unsaturated/α-hetero) is 2. The first kappa shape index (κ1) is 22.9. The molecule has 0 aromatic heterocycles. The molecule has 4 rings (SSSR count). The fourth-order valence-corrected chi connectivity index (χ4v) is 3.94. The highest BCUT2D eigenvalue weighted by Crippen LogP contribution is 2.42. The summed E-state index contributed by atoms with van der Waals surface area (Å²) in [4.78, 5) is 49.6. The van der Waals surface area contributed by atoms with Crippen LogP contribution in [0.4, 0.5) is 11.4 Å². The largest absolute Gasteiger partial charge is 0.507 e. The van der Waals surface area contributed by atoms with Crippen molar-refractivity contribution >= 4 is 46.2 Å². The van der Waals surface area contributed by atoms with Crippen LogP contribution in [0.3, 0.4) is 0 Å². The van der Waals surface area contributed by atoms with Crippen LogP contribution in [-0.4, -0.2) is 27.5 Å². The first-order valence-corrected chi connectivity index (χ1v) is 10.5. The lowest BCUT2D eigenvalue weighted by Crippen LogP contribution is -2.29. The fourth-order valence-electron chi connectivity index (χ4n) is 3.81. The lowest BCUT2D eigenvalue weighted by atomic mass is 9.95. The van der Waals surface area contributed by atoms with Crippen molar-refractivity contribution in [1.82, 2.24) is 0 Å². The molecule has 0 unspecified atom stereocenters. The number of nitro groups is 1. The third-order valence-corrected chi connectivity index (χ3v) is 5.79.